The molecule has 0 spiro atoms. The fourth-order valence-corrected chi connectivity index (χ4v) is 2.95. The number of benzene rings is 1. The highest BCUT2D eigenvalue weighted by molar-refractivity contribution is 5.57. The second kappa shape index (κ2) is 6.16. The summed E-state index contributed by atoms with van der Waals surface area (Å²) in [7, 11) is 0. The Hall–Kier alpha value is -2.96. The van der Waals surface area contributed by atoms with E-state index in [9.17, 15) is 14.0 Å². The van der Waals surface area contributed by atoms with Gasteiger partial charge in [0.2, 0.25) is 0 Å². The van der Waals surface area contributed by atoms with E-state index in [0.717, 1.165) is 19.3 Å². The maximum Gasteiger partial charge on any atom is 0.316 e. The second-order valence-electron chi connectivity index (χ2n) is 6.19. The number of halogens is 1. The lowest BCUT2D eigenvalue weighted by Gasteiger charge is -2.27. The molecule has 0 saturated heterocycles. The van der Waals surface area contributed by atoms with E-state index in [2.05, 4.69) is 5.16 Å². The molecule has 1 aliphatic carbocycles. The van der Waals surface area contributed by atoms with Gasteiger partial charge in [0, 0.05) is 24.5 Å². The molecule has 0 bridgehead atoms. The molecule has 25 heavy (non-hydrogen) atoms. The Balaban J connectivity index is 1.61. The van der Waals surface area contributed by atoms with Crippen LogP contribution in [0, 0.1) is 5.82 Å². The standard InChI is InChI=1S/C18H16FN3O3/c19-15-7-2-1-6-14(15)16-10-12(20-25-16)11-21-8-9-22(13-4-3-5-13)18(24)17(21)23/h1-2,6-10,13H,3-5,11H2. The molecule has 128 valence electrons. The third kappa shape index (κ3) is 2.82. The molecule has 0 radical (unpaired) electrons. The van der Waals surface area contributed by atoms with Crippen LogP contribution in [0.4, 0.5) is 4.39 Å². The third-order valence-corrected chi connectivity index (χ3v) is 4.58. The van der Waals surface area contributed by atoms with E-state index in [1.807, 2.05) is 0 Å². The maximum atomic E-state index is 13.8. The van der Waals surface area contributed by atoms with Gasteiger partial charge in [0.15, 0.2) is 5.76 Å². The fourth-order valence-electron chi connectivity index (χ4n) is 2.95. The van der Waals surface area contributed by atoms with Crippen LogP contribution in [0.1, 0.15) is 31.0 Å². The monoisotopic (exact) mass is 341 g/mol. The number of hydrogen-bond acceptors (Lipinski definition) is 4. The predicted molar refractivity (Wildman–Crippen MR) is 88.8 cm³/mol. The Kier molecular flexibility index (Phi) is 3.83. The topological polar surface area (TPSA) is 70.0 Å². The van der Waals surface area contributed by atoms with Crippen LogP contribution in [0.25, 0.3) is 11.3 Å². The normalized spacial score (nSPS) is 14.4. The molecule has 2 heterocycles. The van der Waals surface area contributed by atoms with E-state index in [-0.39, 0.29) is 18.3 Å². The first-order valence-electron chi connectivity index (χ1n) is 8.15. The molecule has 1 fully saturated rings. The van der Waals surface area contributed by atoms with E-state index in [0.29, 0.717) is 11.3 Å². The van der Waals surface area contributed by atoms with Crippen LogP contribution in [0.3, 0.4) is 0 Å². The van der Waals surface area contributed by atoms with Gasteiger partial charge in [-0.25, -0.2) is 4.39 Å². The van der Waals surface area contributed by atoms with E-state index in [4.69, 9.17) is 4.52 Å². The van der Waals surface area contributed by atoms with Crippen LogP contribution in [-0.4, -0.2) is 14.3 Å². The van der Waals surface area contributed by atoms with Crippen LogP contribution in [-0.2, 0) is 6.54 Å². The zero-order valence-corrected chi connectivity index (χ0v) is 13.4. The van der Waals surface area contributed by atoms with Crippen LogP contribution in [0.2, 0.25) is 0 Å². The first-order chi connectivity index (χ1) is 12.1. The lowest BCUT2D eigenvalue weighted by atomic mass is 9.93. The average Bonchev–Trinajstić information content (AvgIpc) is 3.01. The van der Waals surface area contributed by atoms with Crippen molar-refractivity contribution in [1.29, 1.82) is 0 Å². The molecular formula is C18H16FN3O3. The zero-order chi connectivity index (χ0) is 17.4. The average molecular weight is 341 g/mol. The Morgan fingerprint density at radius 1 is 1.16 bits per heavy atom. The second-order valence-corrected chi connectivity index (χ2v) is 6.19. The van der Waals surface area contributed by atoms with Crippen molar-refractivity contribution >= 4 is 0 Å². The first kappa shape index (κ1) is 15.6. The summed E-state index contributed by atoms with van der Waals surface area (Å²) in [6, 6.07) is 7.92. The molecule has 2 aromatic heterocycles. The van der Waals surface area contributed by atoms with Crippen LogP contribution >= 0.6 is 0 Å². The third-order valence-electron chi connectivity index (χ3n) is 4.58. The zero-order valence-electron chi connectivity index (χ0n) is 13.4. The Bertz CT molecular complexity index is 1030. The lowest BCUT2D eigenvalue weighted by Crippen LogP contribution is -2.43. The van der Waals surface area contributed by atoms with Crippen molar-refractivity contribution in [2.24, 2.45) is 0 Å². The van der Waals surface area contributed by atoms with Gasteiger partial charge in [-0.1, -0.05) is 17.3 Å². The Labute approximate surface area is 142 Å². The minimum absolute atomic E-state index is 0.0948. The van der Waals surface area contributed by atoms with Gasteiger partial charge in [-0.05, 0) is 31.4 Å². The van der Waals surface area contributed by atoms with Crippen LogP contribution in [0.15, 0.2) is 56.8 Å². The van der Waals surface area contributed by atoms with Gasteiger partial charge < -0.3 is 13.7 Å². The molecular weight excluding hydrogens is 325 g/mol. The van der Waals surface area contributed by atoms with Crippen molar-refractivity contribution in [2.75, 3.05) is 0 Å². The van der Waals surface area contributed by atoms with Crippen LogP contribution in [0.5, 0.6) is 0 Å². The summed E-state index contributed by atoms with van der Waals surface area (Å²) in [6.45, 7) is 0.0948. The van der Waals surface area contributed by atoms with Crippen molar-refractivity contribution in [1.82, 2.24) is 14.3 Å². The van der Waals surface area contributed by atoms with Gasteiger partial charge >= 0.3 is 11.1 Å². The number of rotatable bonds is 4. The summed E-state index contributed by atoms with van der Waals surface area (Å²) >= 11 is 0. The molecule has 1 aliphatic rings. The minimum Gasteiger partial charge on any atom is -0.356 e. The Morgan fingerprint density at radius 2 is 1.96 bits per heavy atom. The van der Waals surface area contributed by atoms with Gasteiger partial charge in [-0.15, -0.1) is 0 Å². The smallest absolute Gasteiger partial charge is 0.316 e. The molecule has 7 heteroatoms. The molecule has 0 N–H and O–H groups in total. The van der Waals surface area contributed by atoms with Crippen molar-refractivity contribution in [3.63, 3.8) is 0 Å². The molecule has 1 saturated carbocycles. The van der Waals surface area contributed by atoms with Crippen molar-refractivity contribution in [3.05, 3.63) is 74.9 Å². The molecule has 1 aromatic carbocycles. The maximum absolute atomic E-state index is 13.8. The number of nitrogens with zero attached hydrogens (tertiary/aromatic N) is 3. The van der Waals surface area contributed by atoms with Gasteiger partial charge in [0.1, 0.15) is 11.5 Å². The number of hydrogen-bond donors (Lipinski definition) is 0. The summed E-state index contributed by atoms with van der Waals surface area (Å²) in [4.78, 5) is 24.5. The fraction of sp³-hybridized carbons (Fsp3) is 0.278. The summed E-state index contributed by atoms with van der Waals surface area (Å²) in [5.41, 5.74) is -0.370. The van der Waals surface area contributed by atoms with Crippen molar-refractivity contribution in [3.8, 4) is 11.3 Å². The summed E-state index contributed by atoms with van der Waals surface area (Å²) < 4.78 is 21.8. The molecule has 0 amide bonds. The van der Waals surface area contributed by atoms with Gasteiger partial charge in [0.25, 0.3) is 0 Å². The Morgan fingerprint density at radius 3 is 2.68 bits per heavy atom. The highest BCUT2D eigenvalue weighted by Crippen LogP contribution is 2.29. The predicted octanol–water partition coefficient (Wildman–Crippen LogP) is 2.58. The van der Waals surface area contributed by atoms with Crippen LogP contribution < -0.4 is 11.1 Å². The molecule has 0 unspecified atom stereocenters. The lowest BCUT2D eigenvalue weighted by molar-refractivity contribution is 0.302. The van der Waals surface area contributed by atoms with E-state index < -0.39 is 16.9 Å². The van der Waals surface area contributed by atoms with E-state index >= 15 is 0 Å². The highest BCUT2D eigenvalue weighted by atomic mass is 19.1. The van der Waals surface area contributed by atoms with Crippen molar-refractivity contribution < 1.29 is 8.91 Å². The summed E-state index contributed by atoms with van der Waals surface area (Å²) in [5, 5.41) is 3.87. The molecule has 0 aliphatic heterocycles. The molecule has 6 nitrogen and oxygen atoms in total. The number of aromatic nitrogens is 3. The SMILES string of the molecule is O=c1c(=O)n(C2CCC2)ccn1Cc1cc(-c2ccccc2F)on1. The van der Waals surface area contributed by atoms with Gasteiger partial charge in [-0.3, -0.25) is 9.59 Å². The largest absolute Gasteiger partial charge is 0.356 e. The minimum atomic E-state index is -0.593. The van der Waals surface area contributed by atoms with Crippen molar-refractivity contribution in [2.45, 2.75) is 31.8 Å². The van der Waals surface area contributed by atoms with E-state index in [1.54, 1.807) is 36.7 Å². The first-order valence-corrected chi connectivity index (χ1v) is 8.15. The molecule has 4 rings (SSSR count). The van der Waals surface area contributed by atoms with Gasteiger partial charge in [-0.2, -0.15) is 0 Å². The highest BCUT2D eigenvalue weighted by Gasteiger charge is 2.21. The van der Waals surface area contributed by atoms with Gasteiger partial charge in [0.05, 0.1) is 12.1 Å². The summed E-state index contributed by atoms with van der Waals surface area (Å²) in [5.74, 6) is -0.130. The van der Waals surface area contributed by atoms with E-state index in [1.165, 1.54) is 15.2 Å². The molecule has 0 atom stereocenters. The molecule has 3 aromatic rings. The summed E-state index contributed by atoms with van der Waals surface area (Å²) in [6.07, 6.45) is 6.17. The quantitative estimate of drug-likeness (QED) is 0.684.